The Hall–Kier alpha value is -2.08. The van der Waals surface area contributed by atoms with E-state index in [9.17, 15) is 14.7 Å². The number of anilines is 2. The number of nitrogens with one attached hydrogen (secondary N) is 1. The molecule has 1 saturated carbocycles. The first-order valence-electron chi connectivity index (χ1n) is 11.6. The number of aliphatic hydroxyl groups is 1. The lowest BCUT2D eigenvalue weighted by Crippen LogP contribution is -2.50. The highest BCUT2D eigenvalue weighted by Crippen LogP contribution is 2.44. The lowest BCUT2D eigenvalue weighted by atomic mass is 9.78. The zero-order chi connectivity index (χ0) is 21.3. The zero-order valence-corrected chi connectivity index (χ0v) is 18.3. The minimum atomic E-state index is -0.268. The van der Waals surface area contributed by atoms with Gasteiger partial charge in [-0.15, -0.1) is 0 Å². The van der Waals surface area contributed by atoms with E-state index in [4.69, 9.17) is 0 Å². The molecule has 2 N–H and O–H groups in total. The molecule has 0 bridgehead atoms. The van der Waals surface area contributed by atoms with E-state index in [-0.39, 0.29) is 17.4 Å². The summed E-state index contributed by atoms with van der Waals surface area (Å²) in [7, 11) is 0. The summed E-state index contributed by atoms with van der Waals surface area (Å²) < 4.78 is 0. The number of carbonyl (C=O) groups excluding carboxylic acids is 2. The van der Waals surface area contributed by atoms with Gasteiger partial charge in [-0.2, -0.15) is 0 Å². The second-order valence-corrected chi connectivity index (χ2v) is 9.42. The third-order valence-electron chi connectivity index (χ3n) is 7.37. The van der Waals surface area contributed by atoms with Crippen molar-refractivity contribution in [3.63, 3.8) is 0 Å². The maximum atomic E-state index is 13.5. The monoisotopic (exact) mass is 413 g/mol. The van der Waals surface area contributed by atoms with Crippen molar-refractivity contribution >= 4 is 23.2 Å². The number of rotatable bonds is 4. The molecule has 1 aromatic carbocycles. The summed E-state index contributed by atoms with van der Waals surface area (Å²) in [6.07, 6.45) is 6.69. The minimum absolute atomic E-state index is 0.0194. The molecule has 2 amide bonds. The lowest BCUT2D eigenvalue weighted by Gasteiger charge is -2.42. The van der Waals surface area contributed by atoms with Crippen molar-refractivity contribution in [2.24, 2.45) is 5.41 Å². The van der Waals surface area contributed by atoms with Gasteiger partial charge in [-0.1, -0.05) is 6.92 Å². The second kappa shape index (κ2) is 8.58. The van der Waals surface area contributed by atoms with Crippen LogP contribution in [0.3, 0.4) is 0 Å². The third-order valence-corrected chi connectivity index (χ3v) is 7.37. The fourth-order valence-corrected chi connectivity index (χ4v) is 5.62. The highest BCUT2D eigenvalue weighted by atomic mass is 16.3. The minimum Gasteiger partial charge on any atom is -0.393 e. The molecule has 1 unspecified atom stereocenters. The third kappa shape index (κ3) is 4.07. The van der Waals surface area contributed by atoms with Crippen molar-refractivity contribution in [1.29, 1.82) is 0 Å². The first kappa shape index (κ1) is 21.2. The van der Waals surface area contributed by atoms with Gasteiger partial charge >= 0.3 is 0 Å². The number of amides is 2. The number of benzene rings is 1. The lowest BCUT2D eigenvalue weighted by molar-refractivity contribution is -0.139. The Morgan fingerprint density at radius 3 is 2.67 bits per heavy atom. The Labute approximate surface area is 179 Å². The van der Waals surface area contributed by atoms with E-state index in [2.05, 4.69) is 28.1 Å². The summed E-state index contributed by atoms with van der Waals surface area (Å²) in [6, 6.07) is 6.38. The van der Waals surface area contributed by atoms with Gasteiger partial charge in [0.1, 0.15) is 0 Å². The largest absolute Gasteiger partial charge is 0.393 e. The summed E-state index contributed by atoms with van der Waals surface area (Å²) >= 11 is 0. The van der Waals surface area contributed by atoms with Gasteiger partial charge in [-0.05, 0) is 75.6 Å². The SMILES string of the molecule is CCC(=O)Nc1ccc(N2CCCC3(CCN([C@H]4CC[C@H](O)CC4)C3=O)C2)c(C)c1. The maximum Gasteiger partial charge on any atom is 0.230 e. The van der Waals surface area contributed by atoms with E-state index in [1.165, 1.54) is 0 Å². The fourth-order valence-electron chi connectivity index (χ4n) is 5.62. The van der Waals surface area contributed by atoms with Crippen molar-refractivity contribution in [1.82, 2.24) is 4.90 Å². The van der Waals surface area contributed by atoms with Crippen LogP contribution in [0.2, 0.25) is 0 Å². The Bertz CT molecular complexity index is 803. The average Bonchev–Trinajstić information content (AvgIpc) is 3.04. The van der Waals surface area contributed by atoms with Crippen molar-refractivity contribution in [2.75, 3.05) is 29.9 Å². The Balaban J connectivity index is 1.47. The molecule has 6 nitrogen and oxygen atoms in total. The number of hydrogen-bond acceptors (Lipinski definition) is 4. The molecule has 1 aromatic rings. The van der Waals surface area contributed by atoms with E-state index >= 15 is 0 Å². The molecule has 6 heteroatoms. The van der Waals surface area contributed by atoms with Gasteiger partial charge in [0.05, 0.1) is 11.5 Å². The van der Waals surface area contributed by atoms with E-state index in [1.807, 2.05) is 19.1 Å². The molecule has 3 fully saturated rings. The smallest absolute Gasteiger partial charge is 0.230 e. The molecular weight excluding hydrogens is 378 g/mol. The molecule has 1 aliphatic carbocycles. The predicted molar refractivity (Wildman–Crippen MR) is 119 cm³/mol. The average molecular weight is 414 g/mol. The summed E-state index contributed by atoms with van der Waals surface area (Å²) in [4.78, 5) is 29.7. The molecule has 2 heterocycles. The topological polar surface area (TPSA) is 72.9 Å². The van der Waals surface area contributed by atoms with E-state index < -0.39 is 0 Å². The normalized spacial score (nSPS) is 29.5. The molecule has 2 aliphatic heterocycles. The van der Waals surface area contributed by atoms with Gasteiger partial charge in [0.2, 0.25) is 11.8 Å². The summed E-state index contributed by atoms with van der Waals surface area (Å²) in [5.74, 6) is 0.351. The highest BCUT2D eigenvalue weighted by molar-refractivity contribution is 5.91. The Morgan fingerprint density at radius 1 is 1.20 bits per heavy atom. The van der Waals surface area contributed by atoms with Crippen LogP contribution in [-0.4, -0.2) is 53.6 Å². The van der Waals surface area contributed by atoms with Crippen LogP contribution in [0, 0.1) is 12.3 Å². The van der Waals surface area contributed by atoms with Crippen molar-refractivity contribution in [3.8, 4) is 0 Å². The Kier molecular flexibility index (Phi) is 6.05. The molecular formula is C24H35N3O3. The van der Waals surface area contributed by atoms with Crippen LogP contribution in [0.5, 0.6) is 0 Å². The van der Waals surface area contributed by atoms with Crippen molar-refractivity contribution in [3.05, 3.63) is 23.8 Å². The van der Waals surface area contributed by atoms with Gasteiger partial charge in [0.25, 0.3) is 0 Å². The summed E-state index contributed by atoms with van der Waals surface area (Å²) in [6.45, 7) is 6.52. The number of piperidine rings is 1. The van der Waals surface area contributed by atoms with Crippen molar-refractivity contribution < 1.29 is 14.7 Å². The first-order valence-corrected chi connectivity index (χ1v) is 11.6. The van der Waals surface area contributed by atoms with E-state index in [0.29, 0.717) is 18.4 Å². The molecule has 164 valence electrons. The summed E-state index contributed by atoms with van der Waals surface area (Å²) in [5.41, 5.74) is 2.85. The molecule has 0 radical (unpaired) electrons. The molecule has 0 aromatic heterocycles. The van der Waals surface area contributed by atoms with Crippen LogP contribution in [0.1, 0.15) is 63.9 Å². The summed E-state index contributed by atoms with van der Waals surface area (Å²) in [5, 5.41) is 12.7. The number of aryl methyl sites for hydroxylation is 1. The van der Waals surface area contributed by atoms with Crippen LogP contribution in [0.25, 0.3) is 0 Å². The highest BCUT2D eigenvalue weighted by Gasteiger charge is 2.50. The van der Waals surface area contributed by atoms with Gasteiger partial charge in [0, 0.05) is 43.5 Å². The van der Waals surface area contributed by atoms with Gasteiger partial charge in [-0.25, -0.2) is 0 Å². The van der Waals surface area contributed by atoms with Crippen LogP contribution in [0.15, 0.2) is 18.2 Å². The molecule has 30 heavy (non-hydrogen) atoms. The molecule has 2 saturated heterocycles. The number of carbonyl (C=O) groups is 2. The van der Waals surface area contributed by atoms with Gasteiger partial charge in [-0.3, -0.25) is 9.59 Å². The van der Waals surface area contributed by atoms with E-state index in [1.54, 1.807) is 0 Å². The van der Waals surface area contributed by atoms with E-state index in [0.717, 1.165) is 81.5 Å². The number of aliphatic hydroxyl groups excluding tert-OH is 1. The number of nitrogens with zero attached hydrogens (tertiary/aromatic N) is 2. The Morgan fingerprint density at radius 2 is 1.97 bits per heavy atom. The maximum absolute atomic E-state index is 13.5. The zero-order valence-electron chi connectivity index (χ0n) is 18.3. The van der Waals surface area contributed by atoms with Crippen LogP contribution in [-0.2, 0) is 9.59 Å². The van der Waals surface area contributed by atoms with Crippen LogP contribution in [0.4, 0.5) is 11.4 Å². The molecule has 3 aliphatic rings. The second-order valence-electron chi connectivity index (χ2n) is 9.42. The van der Waals surface area contributed by atoms with Crippen LogP contribution < -0.4 is 10.2 Å². The molecule has 1 atom stereocenters. The standard InChI is InChI=1S/C24H35N3O3/c1-3-22(29)25-18-5-10-21(17(2)15-18)26-13-4-11-24(16-26)12-14-27(23(24)30)19-6-8-20(28)9-7-19/h5,10,15,19-20,28H,3-4,6-9,11-14,16H2,1-2H3,(H,25,29)/t19-,20-,24?. The number of likely N-dealkylation sites (tertiary alicyclic amines) is 1. The van der Waals surface area contributed by atoms with Crippen LogP contribution >= 0.6 is 0 Å². The molecule has 4 rings (SSSR count). The fraction of sp³-hybridized carbons (Fsp3) is 0.667. The van der Waals surface area contributed by atoms with Crippen molar-refractivity contribution in [2.45, 2.75) is 77.4 Å². The number of hydrogen-bond donors (Lipinski definition) is 2. The van der Waals surface area contributed by atoms with Gasteiger partial charge in [0.15, 0.2) is 0 Å². The predicted octanol–water partition coefficient (Wildman–Crippen LogP) is 3.47. The quantitative estimate of drug-likeness (QED) is 0.793. The van der Waals surface area contributed by atoms with Gasteiger partial charge < -0.3 is 20.2 Å². The molecule has 1 spiro atoms. The first-order chi connectivity index (χ1) is 14.4.